The Labute approximate surface area is 466 Å². The minimum Gasteiger partial charge on any atom is -0.462 e. The van der Waals surface area contributed by atoms with Gasteiger partial charge in [0.15, 0.2) is 6.10 Å². The Kier molecular flexibility index (Phi) is 35.6. The van der Waals surface area contributed by atoms with Crippen LogP contribution in [0.15, 0.2) is 24.3 Å². The topological polar surface area (TPSA) is 122 Å². The molecular weight excluding hydrogens is 949 g/mol. The van der Waals surface area contributed by atoms with E-state index in [1.807, 2.05) is 6.92 Å². The summed E-state index contributed by atoms with van der Waals surface area (Å²) in [6.07, 6.45) is 50.1. The Balaban J connectivity index is 1.41. The van der Waals surface area contributed by atoms with Gasteiger partial charge in [-0.3, -0.25) is 24.0 Å². The van der Waals surface area contributed by atoms with Gasteiger partial charge in [-0.15, -0.1) is 0 Å². The minimum atomic E-state index is -0.933. The van der Waals surface area contributed by atoms with E-state index in [1.54, 1.807) is 6.92 Å². The molecule has 0 radical (unpaired) electrons. The molecular formula is C67H116O9. The van der Waals surface area contributed by atoms with Crippen LogP contribution in [0.2, 0.25) is 0 Å². The lowest BCUT2D eigenvalue weighted by Crippen LogP contribution is -2.41. The van der Waals surface area contributed by atoms with Crippen molar-refractivity contribution in [3.05, 3.63) is 24.3 Å². The predicted molar refractivity (Wildman–Crippen MR) is 312 cm³/mol. The molecule has 3 aliphatic carbocycles. The number of Topliss-reactive ketones (excluding diaryl/α,β-unsaturated/α-hetero) is 1. The lowest BCUT2D eigenvalue weighted by molar-refractivity contribution is -0.168. The zero-order valence-corrected chi connectivity index (χ0v) is 50.2. The Hall–Kier alpha value is -2.97. The number of esters is 4. The first kappa shape index (κ1) is 67.3. The Bertz CT molecular complexity index is 1600. The Morgan fingerprint density at radius 2 is 1.01 bits per heavy atom. The molecule has 9 nitrogen and oxygen atoms in total. The highest BCUT2D eigenvalue weighted by Crippen LogP contribution is 2.58. The monoisotopic (exact) mass is 1060 g/mol. The first-order valence-electron chi connectivity index (χ1n) is 32.2. The van der Waals surface area contributed by atoms with E-state index in [0.717, 1.165) is 141 Å². The highest BCUT2D eigenvalue weighted by molar-refractivity contribution is 5.79. The van der Waals surface area contributed by atoms with Gasteiger partial charge in [0.05, 0.1) is 0 Å². The van der Waals surface area contributed by atoms with Crippen LogP contribution in [0, 0.1) is 40.4 Å². The van der Waals surface area contributed by atoms with Crippen molar-refractivity contribution in [2.75, 3.05) is 13.2 Å². The van der Waals surface area contributed by atoms with Crippen LogP contribution in [-0.2, 0) is 42.9 Å². The number of hydrogen-bond acceptors (Lipinski definition) is 9. The molecule has 0 aromatic carbocycles. The molecule has 76 heavy (non-hydrogen) atoms. The van der Waals surface area contributed by atoms with Gasteiger partial charge in [0, 0.05) is 31.6 Å². The van der Waals surface area contributed by atoms with Crippen molar-refractivity contribution in [1.29, 1.82) is 0 Å². The van der Waals surface area contributed by atoms with E-state index in [4.69, 9.17) is 18.9 Å². The molecule has 0 spiro atoms. The van der Waals surface area contributed by atoms with Crippen LogP contribution in [-0.4, -0.2) is 55.1 Å². The largest absolute Gasteiger partial charge is 0.462 e. The summed E-state index contributed by atoms with van der Waals surface area (Å²) in [5.74, 6) is 0.335. The molecule has 0 aromatic heterocycles. The van der Waals surface area contributed by atoms with Crippen molar-refractivity contribution in [3.63, 3.8) is 0 Å². The molecule has 0 aromatic rings. The second kappa shape index (κ2) is 40.2. The zero-order chi connectivity index (χ0) is 55.3. The number of carbonyl (C=O) groups is 5. The summed E-state index contributed by atoms with van der Waals surface area (Å²) >= 11 is 0. The Morgan fingerprint density at radius 3 is 1.51 bits per heavy atom. The van der Waals surface area contributed by atoms with Gasteiger partial charge in [-0.25, -0.2) is 0 Å². The van der Waals surface area contributed by atoms with E-state index in [0.29, 0.717) is 23.5 Å². The summed E-state index contributed by atoms with van der Waals surface area (Å²) in [5, 5.41) is 0. The van der Waals surface area contributed by atoms with E-state index in [2.05, 4.69) is 58.9 Å². The van der Waals surface area contributed by atoms with Crippen molar-refractivity contribution in [1.82, 2.24) is 0 Å². The molecule has 9 heteroatoms. The van der Waals surface area contributed by atoms with Crippen LogP contribution in [0.4, 0.5) is 0 Å². The third-order valence-corrected chi connectivity index (χ3v) is 18.4. The van der Waals surface area contributed by atoms with E-state index in [1.165, 1.54) is 89.9 Å². The van der Waals surface area contributed by atoms with Gasteiger partial charge < -0.3 is 18.9 Å². The number of rotatable bonds is 41. The summed E-state index contributed by atoms with van der Waals surface area (Å²) in [6, 6.07) is 0. The van der Waals surface area contributed by atoms with Gasteiger partial charge in [0.1, 0.15) is 25.1 Å². The van der Waals surface area contributed by atoms with Gasteiger partial charge in [-0.1, -0.05) is 181 Å². The molecule has 0 aliphatic heterocycles. The highest BCUT2D eigenvalue weighted by Gasteiger charge is 2.51. The first-order chi connectivity index (χ1) is 36.7. The third kappa shape index (κ3) is 28.3. The minimum absolute atomic E-state index is 0.00878. The highest BCUT2D eigenvalue weighted by atomic mass is 16.6. The van der Waals surface area contributed by atoms with Gasteiger partial charge in [0.25, 0.3) is 0 Å². The standard InChI is InChI=1S/C67H116O9/c1-8-10-12-14-16-18-20-22-24-26-28-30-32-34-36-39-62(69)73-52-59(53-74-63(70)40-37-35-33-31-29-27-25-23-21-19-17-15-13-11-9-2)76-65(72)50-54(3)49-64(71)75-58-45-48-66(6)46-38-47-67(7)60(43-44-61(67)56(5)68)55(4)41-42-57(66)51-58/h22-25,54-55,57-61H,8-21,26-53H2,1-7H3/b24-22-,25-23-/t54?,55-,57-,58+,60-,61+,66-,67-/m0/s1. The molecule has 0 saturated heterocycles. The van der Waals surface area contributed by atoms with E-state index in [9.17, 15) is 24.0 Å². The number of unbranched alkanes of at least 4 members (excludes halogenated alkanes) is 22. The van der Waals surface area contributed by atoms with Gasteiger partial charge in [-0.2, -0.15) is 0 Å². The normalized spacial score (nSPS) is 24.3. The molecule has 3 aliphatic rings. The predicted octanol–water partition coefficient (Wildman–Crippen LogP) is 18.4. The summed E-state index contributed by atoms with van der Waals surface area (Å²) < 4.78 is 23.2. The maximum atomic E-state index is 13.4. The molecule has 3 saturated carbocycles. The SMILES string of the molecule is CCCCCCCC/C=C\CCCCCCCC(=O)OCC(COC(=O)CCCCCCC/C=C\CCCCCCCC)OC(=O)CC(C)CC(=O)O[C@@H]1CC[C@]2(C)CCC[C@]3(C)[C@@H](C(C)=O)CC[C@H]3[C@@H](C)CC[C@H]2C1. The lowest BCUT2D eigenvalue weighted by Gasteiger charge is -2.48. The molecule has 8 atom stereocenters. The summed E-state index contributed by atoms with van der Waals surface area (Å²) in [7, 11) is 0. The van der Waals surface area contributed by atoms with Crippen LogP contribution >= 0.6 is 0 Å². The van der Waals surface area contributed by atoms with Crippen molar-refractivity contribution in [2.24, 2.45) is 40.4 Å². The quantitative estimate of drug-likeness (QED) is 0.0255. The lowest BCUT2D eigenvalue weighted by atomic mass is 9.58. The van der Waals surface area contributed by atoms with Gasteiger partial charge >= 0.3 is 23.9 Å². The summed E-state index contributed by atoms with van der Waals surface area (Å²) in [4.78, 5) is 65.2. The average Bonchev–Trinajstić information content (AvgIpc) is 3.73. The second-order valence-electron chi connectivity index (χ2n) is 25.2. The van der Waals surface area contributed by atoms with E-state index in [-0.39, 0.29) is 85.6 Å². The number of ketones is 1. The molecule has 3 fully saturated rings. The van der Waals surface area contributed by atoms with Crippen LogP contribution in [0.25, 0.3) is 0 Å². The maximum Gasteiger partial charge on any atom is 0.306 e. The fraction of sp³-hybridized carbons (Fsp3) is 0.866. The third-order valence-electron chi connectivity index (χ3n) is 18.4. The number of fused-ring (bicyclic) bond motifs is 2. The number of hydrogen-bond donors (Lipinski definition) is 0. The van der Waals surface area contributed by atoms with Crippen molar-refractivity contribution in [2.45, 2.75) is 318 Å². The van der Waals surface area contributed by atoms with Gasteiger partial charge in [-0.05, 0) is 157 Å². The first-order valence-corrected chi connectivity index (χ1v) is 32.2. The van der Waals surface area contributed by atoms with Crippen molar-refractivity contribution < 1.29 is 42.9 Å². The van der Waals surface area contributed by atoms with Crippen LogP contribution in [0.5, 0.6) is 0 Å². The molecule has 1 unspecified atom stereocenters. The average molecular weight is 1070 g/mol. The second-order valence-corrected chi connectivity index (χ2v) is 25.2. The fourth-order valence-electron chi connectivity index (χ4n) is 13.5. The molecule has 0 amide bonds. The zero-order valence-electron chi connectivity index (χ0n) is 50.2. The fourth-order valence-corrected chi connectivity index (χ4v) is 13.5. The smallest absolute Gasteiger partial charge is 0.306 e. The Morgan fingerprint density at radius 1 is 0.539 bits per heavy atom. The number of carbonyl (C=O) groups excluding carboxylic acids is 5. The summed E-state index contributed by atoms with van der Waals surface area (Å²) in [5.41, 5.74) is 0.290. The molecule has 438 valence electrons. The van der Waals surface area contributed by atoms with Crippen LogP contribution in [0.3, 0.4) is 0 Å². The van der Waals surface area contributed by atoms with Crippen molar-refractivity contribution >= 4 is 29.7 Å². The molecule has 0 heterocycles. The molecule has 0 bridgehead atoms. The molecule has 0 N–H and O–H groups in total. The maximum absolute atomic E-state index is 13.4. The summed E-state index contributed by atoms with van der Waals surface area (Å²) in [6.45, 7) is 15.0. The van der Waals surface area contributed by atoms with Crippen LogP contribution in [0.1, 0.15) is 305 Å². The van der Waals surface area contributed by atoms with Crippen LogP contribution < -0.4 is 0 Å². The van der Waals surface area contributed by atoms with E-state index >= 15 is 0 Å². The van der Waals surface area contributed by atoms with Gasteiger partial charge in [0.2, 0.25) is 0 Å². The molecule has 3 rings (SSSR count). The van der Waals surface area contributed by atoms with E-state index < -0.39 is 12.1 Å². The number of ether oxygens (including phenoxy) is 4. The number of allylic oxidation sites excluding steroid dienone is 4. The van der Waals surface area contributed by atoms with Crippen molar-refractivity contribution in [3.8, 4) is 0 Å².